The summed E-state index contributed by atoms with van der Waals surface area (Å²) in [6.45, 7) is 1.27. The van der Waals surface area contributed by atoms with Crippen molar-refractivity contribution in [1.29, 1.82) is 0 Å². The fourth-order valence-corrected chi connectivity index (χ4v) is 4.87. The minimum Gasteiger partial charge on any atom is -0.335 e. The first kappa shape index (κ1) is 17.4. The SMILES string of the molecule is O=C(C1=Cc2ccccc2S1(=O)=O)N1CCN(C(=O)c2cccnc2)CC1. The second-order valence-corrected chi connectivity index (χ2v) is 8.26. The molecule has 0 aliphatic carbocycles. The molecule has 1 aromatic carbocycles. The van der Waals surface area contributed by atoms with Gasteiger partial charge in [-0.15, -0.1) is 0 Å². The van der Waals surface area contributed by atoms with E-state index in [1.807, 2.05) is 0 Å². The lowest BCUT2D eigenvalue weighted by atomic mass is 10.2. The average Bonchev–Trinajstić information content (AvgIpc) is 2.99. The van der Waals surface area contributed by atoms with Crippen molar-refractivity contribution < 1.29 is 18.0 Å². The number of benzene rings is 1. The second-order valence-electron chi connectivity index (χ2n) is 6.38. The average molecular weight is 383 g/mol. The van der Waals surface area contributed by atoms with Crippen LogP contribution in [0.25, 0.3) is 6.08 Å². The van der Waals surface area contributed by atoms with E-state index in [0.717, 1.165) is 0 Å². The highest BCUT2D eigenvalue weighted by Crippen LogP contribution is 2.33. The van der Waals surface area contributed by atoms with Crippen LogP contribution in [0.15, 0.2) is 58.6 Å². The molecule has 2 amide bonds. The van der Waals surface area contributed by atoms with Crippen molar-refractivity contribution in [3.05, 3.63) is 64.8 Å². The van der Waals surface area contributed by atoms with Crippen LogP contribution >= 0.6 is 0 Å². The standard InChI is InChI=1S/C19H17N3O4S/c23-18(15-5-3-7-20-13-15)21-8-10-22(11-9-21)19(24)17-12-14-4-1-2-6-16(14)27(17,25)26/h1-7,12-13H,8-11H2. The molecule has 138 valence electrons. The number of hydrogen-bond acceptors (Lipinski definition) is 5. The Morgan fingerprint density at radius 1 is 0.889 bits per heavy atom. The van der Waals surface area contributed by atoms with Gasteiger partial charge < -0.3 is 9.80 Å². The smallest absolute Gasteiger partial charge is 0.265 e. The quantitative estimate of drug-likeness (QED) is 0.778. The predicted molar refractivity (Wildman–Crippen MR) is 98.3 cm³/mol. The molecule has 0 bridgehead atoms. The Morgan fingerprint density at radius 3 is 2.19 bits per heavy atom. The number of fused-ring (bicyclic) bond motifs is 1. The molecule has 8 heteroatoms. The van der Waals surface area contributed by atoms with Crippen LogP contribution in [0.4, 0.5) is 0 Å². The molecule has 0 radical (unpaired) electrons. The summed E-state index contributed by atoms with van der Waals surface area (Å²) in [6, 6.07) is 9.95. The van der Waals surface area contributed by atoms with Gasteiger partial charge in [0.05, 0.1) is 10.5 Å². The maximum atomic E-state index is 12.8. The zero-order valence-electron chi connectivity index (χ0n) is 14.4. The number of nitrogens with zero attached hydrogens (tertiary/aromatic N) is 3. The second kappa shape index (κ2) is 6.62. The third-order valence-corrected chi connectivity index (χ3v) is 6.58. The highest BCUT2D eigenvalue weighted by molar-refractivity contribution is 7.96. The van der Waals surface area contributed by atoms with Gasteiger partial charge in [0, 0.05) is 38.6 Å². The summed E-state index contributed by atoms with van der Waals surface area (Å²) < 4.78 is 25.3. The Kier molecular flexibility index (Phi) is 4.27. The lowest BCUT2D eigenvalue weighted by Gasteiger charge is -2.34. The number of pyridine rings is 1. The van der Waals surface area contributed by atoms with E-state index in [9.17, 15) is 18.0 Å². The molecule has 2 aliphatic rings. The molecule has 27 heavy (non-hydrogen) atoms. The largest absolute Gasteiger partial charge is 0.335 e. The molecular weight excluding hydrogens is 366 g/mol. The predicted octanol–water partition coefficient (Wildman–Crippen LogP) is 1.19. The summed E-state index contributed by atoms with van der Waals surface area (Å²) in [4.78, 5) is 32.3. The lowest BCUT2D eigenvalue weighted by molar-refractivity contribution is -0.127. The first-order valence-corrected chi connectivity index (χ1v) is 10.0. The minimum absolute atomic E-state index is 0.143. The Bertz CT molecular complexity index is 1040. The number of sulfone groups is 1. The fourth-order valence-electron chi connectivity index (χ4n) is 3.30. The lowest BCUT2D eigenvalue weighted by Crippen LogP contribution is -2.51. The van der Waals surface area contributed by atoms with E-state index in [1.54, 1.807) is 41.4 Å². The normalized spacial score (nSPS) is 18.0. The van der Waals surface area contributed by atoms with Crippen LogP contribution in [0.2, 0.25) is 0 Å². The maximum Gasteiger partial charge on any atom is 0.265 e. The van der Waals surface area contributed by atoms with Gasteiger partial charge in [-0.3, -0.25) is 14.6 Å². The third-order valence-electron chi connectivity index (χ3n) is 4.76. The first-order valence-electron chi connectivity index (χ1n) is 8.53. The van der Waals surface area contributed by atoms with E-state index in [0.29, 0.717) is 24.2 Å². The van der Waals surface area contributed by atoms with E-state index in [1.165, 1.54) is 23.2 Å². The Hall–Kier alpha value is -3.00. The molecule has 0 spiro atoms. The molecule has 0 N–H and O–H groups in total. The first-order chi connectivity index (χ1) is 13.0. The van der Waals surface area contributed by atoms with Gasteiger partial charge >= 0.3 is 0 Å². The molecule has 4 rings (SSSR count). The molecule has 0 unspecified atom stereocenters. The van der Waals surface area contributed by atoms with Crippen molar-refractivity contribution in [3.8, 4) is 0 Å². The topological polar surface area (TPSA) is 87.7 Å². The number of aromatic nitrogens is 1. The van der Waals surface area contributed by atoms with Gasteiger partial charge in [0.1, 0.15) is 4.91 Å². The Labute approximate surface area is 156 Å². The number of piperazine rings is 1. The van der Waals surface area contributed by atoms with Gasteiger partial charge in [0.2, 0.25) is 9.84 Å². The van der Waals surface area contributed by atoms with Crippen molar-refractivity contribution in [2.75, 3.05) is 26.2 Å². The molecule has 7 nitrogen and oxygen atoms in total. The van der Waals surface area contributed by atoms with Crippen molar-refractivity contribution >= 4 is 27.7 Å². The van der Waals surface area contributed by atoms with Crippen LogP contribution in [0, 0.1) is 0 Å². The highest BCUT2D eigenvalue weighted by atomic mass is 32.2. The molecule has 3 heterocycles. The van der Waals surface area contributed by atoms with E-state index in [-0.39, 0.29) is 28.8 Å². The van der Waals surface area contributed by atoms with Crippen LogP contribution < -0.4 is 0 Å². The van der Waals surface area contributed by atoms with Gasteiger partial charge in [0.15, 0.2) is 0 Å². The third kappa shape index (κ3) is 3.02. The molecule has 2 aromatic rings. The summed E-state index contributed by atoms with van der Waals surface area (Å²) in [5, 5.41) is 0. The van der Waals surface area contributed by atoms with Crippen LogP contribution in [0.3, 0.4) is 0 Å². The highest BCUT2D eigenvalue weighted by Gasteiger charge is 2.37. The number of amides is 2. The zero-order chi connectivity index (χ0) is 19.0. The summed E-state index contributed by atoms with van der Waals surface area (Å²) in [5.41, 5.74) is 1.03. The van der Waals surface area contributed by atoms with E-state index in [4.69, 9.17) is 0 Å². The fraction of sp³-hybridized carbons (Fsp3) is 0.211. The van der Waals surface area contributed by atoms with Gasteiger partial charge in [-0.05, 0) is 29.8 Å². The Balaban J connectivity index is 1.46. The molecule has 0 atom stereocenters. The minimum atomic E-state index is -3.79. The Morgan fingerprint density at radius 2 is 1.56 bits per heavy atom. The molecule has 1 aromatic heterocycles. The van der Waals surface area contributed by atoms with Gasteiger partial charge in [-0.2, -0.15) is 0 Å². The van der Waals surface area contributed by atoms with E-state index < -0.39 is 15.7 Å². The summed E-state index contributed by atoms with van der Waals surface area (Å²) in [7, 11) is -3.79. The number of hydrogen-bond donors (Lipinski definition) is 0. The molecule has 0 saturated carbocycles. The van der Waals surface area contributed by atoms with Gasteiger partial charge in [0.25, 0.3) is 11.8 Å². The van der Waals surface area contributed by atoms with Crippen LogP contribution in [0.5, 0.6) is 0 Å². The summed E-state index contributed by atoms with van der Waals surface area (Å²) >= 11 is 0. The zero-order valence-corrected chi connectivity index (χ0v) is 15.2. The number of carbonyl (C=O) groups is 2. The van der Waals surface area contributed by atoms with Crippen LogP contribution in [0.1, 0.15) is 15.9 Å². The molecular formula is C19H17N3O4S. The number of rotatable bonds is 2. The van der Waals surface area contributed by atoms with E-state index >= 15 is 0 Å². The van der Waals surface area contributed by atoms with Crippen molar-refractivity contribution in [1.82, 2.24) is 14.8 Å². The monoisotopic (exact) mass is 383 g/mol. The van der Waals surface area contributed by atoms with Gasteiger partial charge in [-0.1, -0.05) is 18.2 Å². The number of carbonyl (C=O) groups excluding carboxylic acids is 2. The molecule has 2 aliphatic heterocycles. The summed E-state index contributed by atoms with van der Waals surface area (Å²) in [5.74, 6) is -0.657. The maximum absolute atomic E-state index is 12.8. The summed E-state index contributed by atoms with van der Waals surface area (Å²) in [6.07, 6.45) is 4.54. The van der Waals surface area contributed by atoms with E-state index in [2.05, 4.69) is 4.98 Å². The molecule has 1 fully saturated rings. The van der Waals surface area contributed by atoms with Crippen LogP contribution in [-0.4, -0.2) is 61.2 Å². The van der Waals surface area contributed by atoms with Gasteiger partial charge in [-0.25, -0.2) is 8.42 Å². The van der Waals surface area contributed by atoms with Crippen molar-refractivity contribution in [3.63, 3.8) is 0 Å². The molecule has 1 saturated heterocycles. The van der Waals surface area contributed by atoms with Crippen LogP contribution in [-0.2, 0) is 14.6 Å². The van der Waals surface area contributed by atoms with Crippen molar-refractivity contribution in [2.45, 2.75) is 4.90 Å². The van der Waals surface area contributed by atoms with Crippen molar-refractivity contribution in [2.24, 2.45) is 0 Å².